The van der Waals surface area contributed by atoms with Crippen molar-refractivity contribution >= 4 is 5.97 Å². The van der Waals surface area contributed by atoms with Gasteiger partial charge in [-0.05, 0) is 42.0 Å². The van der Waals surface area contributed by atoms with Crippen molar-refractivity contribution in [3.63, 3.8) is 0 Å². The predicted octanol–water partition coefficient (Wildman–Crippen LogP) is 3.07. The van der Waals surface area contributed by atoms with Crippen molar-refractivity contribution in [2.75, 3.05) is 14.2 Å². The number of carbonyl (C=O) groups is 1. The summed E-state index contributed by atoms with van der Waals surface area (Å²) in [6.07, 6.45) is -0.184. The Morgan fingerprint density at radius 3 is 2.00 bits per heavy atom. The number of aliphatic carboxylic acids is 1. The van der Waals surface area contributed by atoms with E-state index in [1.165, 1.54) is 10.7 Å². The highest BCUT2D eigenvalue weighted by Gasteiger charge is 2.14. The van der Waals surface area contributed by atoms with Crippen molar-refractivity contribution in [1.29, 1.82) is 0 Å². The lowest BCUT2D eigenvalue weighted by molar-refractivity contribution is -0.137. The van der Waals surface area contributed by atoms with Crippen molar-refractivity contribution < 1.29 is 19.4 Å². The van der Waals surface area contributed by atoms with E-state index >= 15 is 0 Å². The monoisotopic (exact) mass is 380 g/mol. The molecule has 0 unspecified atom stereocenters. The van der Waals surface area contributed by atoms with Crippen LogP contribution in [0.15, 0.2) is 59.4 Å². The molecule has 0 amide bonds. The Morgan fingerprint density at radius 2 is 1.50 bits per heavy atom. The highest BCUT2D eigenvalue weighted by atomic mass is 16.5. The minimum absolute atomic E-state index is 0.000212. The summed E-state index contributed by atoms with van der Waals surface area (Å²) in [6, 6.07) is 16.1. The van der Waals surface area contributed by atoms with Gasteiger partial charge in [-0.1, -0.05) is 12.1 Å². The number of carboxylic acid groups (broad SMARTS) is 1. The molecule has 7 heteroatoms. The fourth-order valence-electron chi connectivity index (χ4n) is 2.80. The number of ether oxygens (including phenoxy) is 2. The van der Waals surface area contributed by atoms with Crippen LogP contribution >= 0.6 is 0 Å². The molecule has 3 aromatic rings. The third kappa shape index (κ3) is 4.20. The third-order valence-corrected chi connectivity index (χ3v) is 4.30. The maximum absolute atomic E-state index is 12.5. The predicted molar refractivity (Wildman–Crippen MR) is 105 cm³/mol. The van der Waals surface area contributed by atoms with Crippen LogP contribution in [0.4, 0.5) is 0 Å². The zero-order valence-corrected chi connectivity index (χ0v) is 15.6. The Morgan fingerprint density at radius 1 is 0.964 bits per heavy atom. The second-order valence-corrected chi connectivity index (χ2v) is 6.07. The molecule has 0 aliphatic heterocycles. The third-order valence-electron chi connectivity index (χ3n) is 4.30. The molecule has 0 fully saturated rings. The minimum Gasteiger partial charge on any atom is -0.497 e. The van der Waals surface area contributed by atoms with Gasteiger partial charge >= 0.3 is 5.97 Å². The molecule has 0 bridgehead atoms. The van der Waals surface area contributed by atoms with Crippen molar-refractivity contribution in [2.24, 2.45) is 0 Å². The fraction of sp³-hybridized carbons (Fsp3) is 0.190. The van der Waals surface area contributed by atoms with E-state index in [4.69, 9.17) is 14.6 Å². The van der Waals surface area contributed by atoms with Crippen LogP contribution in [-0.2, 0) is 11.3 Å². The molecule has 3 rings (SSSR count). The van der Waals surface area contributed by atoms with Gasteiger partial charge in [0.1, 0.15) is 11.5 Å². The van der Waals surface area contributed by atoms with E-state index in [9.17, 15) is 9.59 Å². The molecular weight excluding hydrogens is 360 g/mol. The van der Waals surface area contributed by atoms with E-state index in [0.29, 0.717) is 22.8 Å². The molecule has 0 radical (unpaired) electrons. The quantitative estimate of drug-likeness (QED) is 0.677. The smallest absolute Gasteiger partial charge is 0.305 e. The zero-order valence-electron chi connectivity index (χ0n) is 15.6. The average molecular weight is 380 g/mol. The molecule has 1 aromatic heterocycles. The van der Waals surface area contributed by atoms with Gasteiger partial charge in [-0.25, -0.2) is 4.68 Å². The second kappa shape index (κ2) is 8.39. The van der Waals surface area contributed by atoms with Gasteiger partial charge in [-0.2, -0.15) is 5.10 Å². The molecule has 144 valence electrons. The highest BCUT2D eigenvalue weighted by Crippen LogP contribution is 2.31. The van der Waals surface area contributed by atoms with Crippen LogP contribution < -0.4 is 15.0 Å². The molecule has 1 heterocycles. The first-order valence-electron chi connectivity index (χ1n) is 8.64. The van der Waals surface area contributed by atoms with Gasteiger partial charge in [0.25, 0.3) is 5.56 Å². The van der Waals surface area contributed by atoms with E-state index in [-0.39, 0.29) is 18.5 Å². The van der Waals surface area contributed by atoms with Crippen molar-refractivity contribution in [2.45, 2.75) is 13.0 Å². The first kappa shape index (κ1) is 19.2. The molecule has 0 spiro atoms. The van der Waals surface area contributed by atoms with E-state index in [1.54, 1.807) is 14.2 Å². The summed E-state index contributed by atoms with van der Waals surface area (Å²) < 4.78 is 11.6. The molecule has 0 aliphatic rings. The number of aryl methyl sites for hydroxylation is 1. The average Bonchev–Trinajstić information content (AvgIpc) is 2.72. The fourth-order valence-corrected chi connectivity index (χ4v) is 2.80. The number of hydrogen-bond acceptors (Lipinski definition) is 5. The molecule has 0 aliphatic carbocycles. The summed E-state index contributed by atoms with van der Waals surface area (Å²) in [5.41, 5.74) is 2.48. The second-order valence-electron chi connectivity index (χ2n) is 6.07. The summed E-state index contributed by atoms with van der Waals surface area (Å²) >= 11 is 0. The molecular formula is C21H20N2O5. The maximum Gasteiger partial charge on any atom is 0.305 e. The maximum atomic E-state index is 12.5. The number of carboxylic acids is 1. The van der Waals surface area contributed by atoms with Crippen LogP contribution in [0, 0.1) is 0 Å². The SMILES string of the molecule is COc1ccc(-c2cc(=O)n(CCC(=O)O)nc2-c2ccc(OC)cc2)cc1. The Balaban J connectivity index is 2.13. The standard InChI is InChI=1S/C21H20N2O5/c1-27-16-7-3-14(4-8-16)18-13-19(24)23(12-11-20(25)26)22-21(18)15-5-9-17(28-2)10-6-15/h3-10,13H,11-12H2,1-2H3,(H,25,26). The van der Waals surface area contributed by atoms with E-state index in [0.717, 1.165) is 11.1 Å². The highest BCUT2D eigenvalue weighted by molar-refractivity contribution is 5.80. The summed E-state index contributed by atoms with van der Waals surface area (Å²) in [5.74, 6) is 0.422. The number of aromatic nitrogens is 2. The number of hydrogen-bond donors (Lipinski definition) is 1. The normalized spacial score (nSPS) is 10.5. The van der Waals surface area contributed by atoms with Gasteiger partial charge in [0.15, 0.2) is 0 Å². The van der Waals surface area contributed by atoms with Crippen molar-refractivity contribution in [1.82, 2.24) is 9.78 Å². The molecule has 0 saturated heterocycles. The first-order chi connectivity index (χ1) is 13.5. The molecule has 0 saturated carbocycles. The van der Waals surface area contributed by atoms with Gasteiger partial charge in [0.2, 0.25) is 0 Å². The van der Waals surface area contributed by atoms with Crippen LogP contribution in [0.3, 0.4) is 0 Å². The summed E-state index contributed by atoms with van der Waals surface area (Å²) in [6.45, 7) is 0.000212. The van der Waals surface area contributed by atoms with Gasteiger partial charge in [0.05, 0.1) is 32.9 Å². The first-order valence-corrected chi connectivity index (χ1v) is 8.64. The lowest BCUT2D eigenvalue weighted by Crippen LogP contribution is -2.24. The van der Waals surface area contributed by atoms with E-state index in [1.807, 2.05) is 48.5 Å². The van der Waals surface area contributed by atoms with Crippen molar-refractivity contribution in [3.05, 3.63) is 65.0 Å². The van der Waals surface area contributed by atoms with E-state index < -0.39 is 5.97 Å². The zero-order chi connectivity index (χ0) is 20.1. The molecule has 1 N–H and O–H groups in total. The van der Waals surface area contributed by atoms with Gasteiger partial charge in [0, 0.05) is 17.2 Å². The van der Waals surface area contributed by atoms with Crippen LogP contribution in [0.1, 0.15) is 6.42 Å². The van der Waals surface area contributed by atoms with Crippen LogP contribution in [0.5, 0.6) is 11.5 Å². The van der Waals surface area contributed by atoms with Crippen LogP contribution in [-0.4, -0.2) is 35.1 Å². The Bertz CT molecular complexity index is 1020. The molecule has 28 heavy (non-hydrogen) atoms. The van der Waals surface area contributed by atoms with Crippen LogP contribution in [0.2, 0.25) is 0 Å². The van der Waals surface area contributed by atoms with Gasteiger partial charge < -0.3 is 14.6 Å². The largest absolute Gasteiger partial charge is 0.497 e. The lowest BCUT2D eigenvalue weighted by atomic mass is 10.00. The minimum atomic E-state index is -0.987. The Hall–Kier alpha value is -3.61. The molecule has 7 nitrogen and oxygen atoms in total. The molecule has 2 aromatic carbocycles. The van der Waals surface area contributed by atoms with Crippen molar-refractivity contribution in [3.8, 4) is 33.9 Å². The number of methoxy groups -OCH3 is 2. The summed E-state index contributed by atoms with van der Waals surface area (Å²) in [7, 11) is 3.17. The van der Waals surface area contributed by atoms with Crippen LogP contribution in [0.25, 0.3) is 22.4 Å². The molecule has 0 atom stereocenters. The number of benzene rings is 2. The van der Waals surface area contributed by atoms with Gasteiger partial charge in [-0.15, -0.1) is 0 Å². The topological polar surface area (TPSA) is 90.7 Å². The summed E-state index contributed by atoms with van der Waals surface area (Å²) in [5, 5.41) is 13.4. The number of rotatable bonds is 7. The van der Waals surface area contributed by atoms with Gasteiger partial charge in [-0.3, -0.25) is 9.59 Å². The number of nitrogens with zero attached hydrogens (tertiary/aromatic N) is 2. The Labute approximate surface area is 161 Å². The Kier molecular flexibility index (Phi) is 5.74. The summed E-state index contributed by atoms with van der Waals surface area (Å²) in [4.78, 5) is 23.4. The lowest BCUT2D eigenvalue weighted by Gasteiger charge is -2.13. The van der Waals surface area contributed by atoms with E-state index in [2.05, 4.69) is 5.10 Å².